The van der Waals surface area contributed by atoms with E-state index in [0.717, 1.165) is 11.3 Å². The molecule has 2 rings (SSSR count). The van der Waals surface area contributed by atoms with Crippen molar-refractivity contribution in [1.29, 1.82) is 0 Å². The van der Waals surface area contributed by atoms with Gasteiger partial charge in [-0.1, -0.05) is 0 Å². The first-order valence-electron chi connectivity index (χ1n) is 7.66. The number of benzene rings is 1. The first kappa shape index (κ1) is 18.9. The number of hydrogen-bond acceptors (Lipinski definition) is 7. The molecule has 0 saturated carbocycles. The van der Waals surface area contributed by atoms with Crippen LogP contribution in [0.15, 0.2) is 18.2 Å². The number of hydrogen-bond donors (Lipinski definition) is 2. The quantitative estimate of drug-likeness (QED) is 0.727. The van der Waals surface area contributed by atoms with Crippen molar-refractivity contribution in [1.82, 2.24) is 4.98 Å². The molecule has 8 heteroatoms. The molecule has 0 bridgehead atoms. The lowest BCUT2D eigenvalue weighted by atomic mass is 10.1. The van der Waals surface area contributed by atoms with Gasteiger partial charge in [0.2, 0.25) is 0 Å². The SMILES string of the molecule is CCOC(=O)c1cc(-c2nc(C)c(C(=O)O)s2)ccc1OCC(C)O. The number of aliphatic hydroxyl groups excluding tert-OH is 1. The van der Waals surface area contributed by atoms with E-state index in [2.05, 4.69) is 4.98 Å². The molecule has 0 aliphatic heterocycles. The average molecular weight is 365 g/mol. The lowest BCUT2D eigenvalue weighted by Gasteiger charge is -2.13. The van der Waals surface area contributed by atoms with E-state index in [1.807, 2.05) is 0 Å². The van der Waals surface area contributed by atoms with Crippen LogP contribution in [0.4, 0.5) is 0 Å². The second-order valence-corrected chi connectivity index (χ2v) is 6.33. The molecule has 0 radical (unpaired) electrons. The van der Waals surface area contributed by atoms with Gasteiger partial charge in [0.15, 0.2) is 0 Å². The Labute approximate surface area is 148 Å². The Hall–Kier alpha value is -2.45. The van der Waals surface area contributed by atoms with Gasteiger partial charge in [-0.2, -0.15) is 0 Å². The number of nitrogens with zero attached hydrogens (tertiary/aromatic N) is 1. The lowest BCUT2D eigenvalue weighted by molar-refractivity contribution is 0.0516. The van der Waals surface area contributed by atoms with Gasteiger partial charge >= 0.3 is 11.9 Å². The molecule has 0 saturated heterocycles. The third-order valence-electron chi connectivity index (χ3n) is 3.19. The summed E-state index contributed by atoms with van der Waals surface area (Å²) in [6.07, 6.45) is -0.686. The molecule has 134 valence electrons. The van der Waals surface area contributed by atoms with Crippen LogP contribution in [0.1, 0.15) is 39.6 Å². The number of aromatic carboxylic acids is 1. The number of rotatable bonds is 7. The summed E-state index contributed by atoms with van der Waals surface area (Å²) < 4.78 is 10.5. The van der Waals surface area contributed by atoms with Crippen LogP contribution in [0.3, 0.4) is 0 Å². The number of ether oxygens (including phenoxy) is 2. The van der Waals surface area contributed by atoms with Crippen LogP contribution in [-0.2, 0) is 4.74 Å². The average Bonchev–Trinajstić information content (AvgIpc) is 2.95. The number of aliphatic hydroxyl groups is 1. The van der Waals surface area contributed by atoms with Gasteiger partial charge in [0.05, 0.1) is 18.4 Å². The standard InChI is InChI=1S/C17H19NO6S/c1-4-23-17(22)12-7-11(5-6-13(12)24-8-9(2)19)15-18-10(3)14(25-15)16(20)21/h5-7,9,19H,4,8H2,1-3H3,(H,20,21). The Morgan fingerprint density at radius 1 is 1.36 bits per heavy atom. The molecule has 0 fully saturated rings. The van der Waals surface area contributed by atoms with Crippen LogP contribution in [0.25, 0.3) is 10.6 Å². The lowest BCUT2D eigenvalue weighted by Crippen LogP contribution is -2.15. The third kappa shape index (κ3) is 4.55. The number of carbonyl (C=O) groups excluding carboxylic acids is 1. The molecule has 1 atom stereocenters. The van der Waals surface area contributed by atoms with Gasteiger partial charge in [0.1, 0.15) is 27.8 Å². The molecule has 0 spiro atoms. The monoisotopic (exact) mass is 365 g/mol. The fraction of sp³-hybridized carbons (Fsp3) is 0.353. The maximum absolute atomic E-state index is 12.2. The largest absolute Gasteiger partial charge is 0.490 e. The van der Waals surface area contributed by atoms with Crippen molar-refractivity contribution in [3.8, 4) is 16.3 Å². The van der Waals surface area contributed by atoms with E-state index in [1.54, 1.807) is 39.0 Å². The highest BCUT2D eigenvalue weighted by molar-refractivity contribution is 7.17. The van der Waals surface area contributed by atoms with E-state index in [4.69, 9.17) is 14.6 Å². The summed E-state index contributed by atoms with van der Waals surface area (Å²) in [6, 6.07) is 4.82. The van der Waals surface area contributed by atoms with Gasteiger partial charge in [-0.3, -0.25) is 0 Å². The predicted octanol–water partition coefficient (Wildman–Crippen LogP) is 2.75. The van der Waals surface area contributed by atoms with Gasteiger partial charge in [0.25, 0.3) is 0 Å². The maximum Gasteiger partial charge on any atom is 0.347 e. The van der Waals surface area contributed by atoms with Crippen molar-refractivity contribution in [2.45, 2.75) is 26.9 Å². The van der Waals surface area contributed by atoms with E-state index in [-0.39, 0.29) is 29.4 Å². The van der Waals surface area contributed by atoms with Crippen LogP contribution >= 0.6 is 11.3 Å². The molecular formula is C17H19NO6S. The maximum atomic E-state index is 12.2. The van der Waals surface area contributed by atoms with E-state index in [0.29, 0.717) is 16.3 Å². The summed E-state index contributed by atoms with van der Waals surface area (Å²) >= 11 is 1.03. The third-order valence-corrected chi connectivity index (χ3v) is 4.39. The van der Waals surface area contributed by atoms with Gasteiger partial charge in [-0.05, 0) is 39.0 Å². The molecule has 0 amide bonds. The molecule has 7 nitrogen and oxygen atoms in total. The predicted molar refractivity (Wildman–Crippen MR) is 92.4 cm³/mol. The Morgan fingerprint density at radius 3 is 2.64 bits per heavy atom. The number of carbonyl (C=O) groups is 2. The molecular weight excluding hydrogens is 346 g/mol. The highest BCUT2D eigenvalue weighted by atomic mass is 32.1. The molecule has 1 aromatic heterocycles. The molecule has 0 aliphatic carbocycles. The van der Waals surface area contributed by atoms with Crippen molar-refractivity contribution in [2.75, 3.05) is 13.2 Å². The van der Waals surface area contributed by atoms with E-state index in [9.17, 15) is 14.7 Å². The fourth-order valence-corrected chi connectivity index (χ4v) is 2.99. The van der Waals surface area contributed by atoms with Crippen LogP contribution < -0.4 is 4.74 Å². The highest BCUT2D eigenvalue weighted by Gasteiger charge is 2.19. The molecule has 2 aromatic rings. The zero-order valence-corrected chi connectivity index (χ0v) is 14.9. The minimum absolute atomic E-state index is 0.0330. The molecule has 1 heterocycles. The zero-order valence-electron chi connectivity index (χ0n) is 14.1. The smallest absolute Gasteiger partial charge is 0.347 e. The molecule has 0 aliphatic rings. The second-order valence-electron chi connectivity index (χ2n) is 5.33. The molecule has 25 heavy (non-hydrogen) atoms. The molecule has 1 unspecified atom stereocenters. The van der Waals surface area contributed by atoms with E-state index < -0.39 is 18.0 Å². The van der Waals surface area contributed by atoms with Gasteiger partial charge < -0.3 is 19.7 Å². The number of esters is 1. The van der Waals surface area contributed by atoms with Gasteiger partial charge in [-0.25, -0.2) is 14.6 Å². The van der Waals surface area contributed by atoms with Crippen molar-refractivity contribution >= 4 is 23.3 Å². The molecule has 2 N–H and O–H groups in total. The van der Waals surface area contributed by atoms with Crippen LogP contribution in [0.5, 0.6) is 5.75 Å². The summed E-state index contributed by atoms with van der Waals surface area (Å²) in [7, 11) is 0. The molecule has 1 aromatic carbocycles. The Balaban J connectivity index is 2.43. The Morgan fingerprint density at radius 2 is 2.08 bits per heavy atom. The van der Waals surface area contributed by atoms with Gasteiger partial charge in [-0.15, -0.1) is 11.3 Å². The second kappa shape index (κ2) is 8.09. The minimum atomic E-state index is -1.04. The van der Waals surface area contributed by atoms with Gasteiger partial charge in [0, 0.05) is 5.56 Å². The summed E-state index contributed by atoms with van der Waals surface area (Å²) in [4.78, 5) is 27.8. The topological polar surface area (TPSA) is 106 Å². The first-order valence-corrected chi connectivity index (χ1v) is 8.48. The number of aryl methyl sites for hydroxylation is 1. The Kier molecular flexibility index (Phi) is 6.11. The van der Waals surface area contributed by atoms with Crippen molar-refractivity contribution in [3.05, 3.63) is 34.3 Å². The fourth-order valence-electron chi connectivity index (χ4n) is 2.09. The minimum Gasteiger partial charge on any atom is -0.490 e. The summed E-state index contributed by atoms with van der Waals surface area (Å²) in [5.41, 5.74) is 1.21. The Bertz CT molecular complexity index is 783. The number of aromatic nitrogens is 1. The number of carboxylic acid groups (broad SMARTS) is 1. The summed E-state index contributed by atoms with van der Waals surface area (Å²) in [6.45, 7) is 5.13. The van der Waals surface area contributed by atoms with E-state index in [1.165, 1.54) is 0 Å². The number of thiazole rings is 1. The summed E-state index contributed by atoms with van der Waals surface area (Å²) in [5, 5.41) is 19.0. The van der Waals surface area contributed by atoms with Crippen LogP contribution in [0.2, 0.25) is 0 Å². The van der Waals surface area contributed by atoms with Crippen LogP contribution in [-0.4, -0.2) is 46.5 Å². The van der Waals surface area contributed by atoms with E-state index >= 15 is 0 Å². The van der Waals surface area contributed by atoms with Crippen molar-refractivity contribution < 1.29 is 29.3 Å². The van der Waals surface area contributed by atoms with Crippen LogP contribution in [0, 0.1) is 6.92 Å². The van der Waals surface area contributed by atoms with Crippen molar-refractivity contribution in [3.63, 3.8) is 0 Å². The first-order chi connectivity index (χ1) is 11.8. The van der Waals surface area contributed by atoms with Crippen molar-refractivity contribution in [2.24, 2.45) is 0 Å². The highest BCUT2D eigenvalue weighted by Crippen LogP contribution is 2.32. The summed E-state index contributed by atoms with van der Waals surface area (Å²) in [5.74, 6) is -1.31. The zero-order chi connectivity index (χ0) is 18.6. The number of carboxylic acids is 1. The normalized spacial score (nSPS) is 11.8.